The summed E-state index contributed by atoms with van der Waals surface area (Å²) in [4.78, 5) is 22.2. The Morgan fingerprint density at radius 2 is 1.71 bits per heavy atom. The predicted octanol–water partition coefficient (Wildman–Crippen LogP) is 4.40. The van der Waals surface area contributed by atoms with Crippen LogP contribution in [-0.2, 0) is 12.8 Å². The summed E-state index contributed by atoms with van der Waals surface area (Å²) in [5, 5.41) is 0.690. The highest BCUT2D eigenvalue weighted by atomic mass is 32.1. The Morgan fingerprint density at radius 3 is 2.42 bits per heavy atom. The molecule has 1 aliphatic rings. The van der Waals surface area contributed by atoms with Gasteiger partial charge in [-0.3, -0.25) is 9.69 Å². The first kappa shape index (κ1) is 21.6. The highest BCUT2D eigenvalue weighted by Crippen LogP contribution is 2.37. The van der Waals surface area contributed by atoms with Crippen LogP contribution in [0.3, 0.4) is 0 Å². The van der Waals surface area contributed by atoms with E-state index in [0.717, 1.165) is 35.2 Å². The molecule has 0 unspecified atom stereocenters. The number of carbonyl (C=O) groups excluding carboxylic acids is 1. The van der Waals surface area contributed by atoms with Gasteiger partial charge >= 0.3 is 0 Å². The normalized spacial score (nSPS) is 13.3. The van der Waals surface area contributed by atoms with Gasteiger partial charge in [0, 0.05) is 30.8 Å². The number of aryl methyl sites for hydroxylation is 2. The lowest BCUT2D eigenvalue weighted by Crippen LogP contribution is -2.36. The molecule has 1 aromatic heterocycles. The number of aromatic nitrogens is 1. The molecule has 1 aliphatic carbocycles. The monoisotopic (exact) mass is 439 g/mol. The summed E-state index contributed by atoms with van der Waals surface area (Å²) in [6, 6.07) is 9.96. The molecule has 0 atom stereocenters. The summed E-state index contributed by atoms with van der Waals surface area (Å²) < 4.78 is 11.8. The maximum atomic E-state index is 13.6. The maximum Gasteiger partial charge on any atom is 0.260 e. The van der Waals surface area contributed by atoms with E-state index < -0.39 is 0 Å². The van der Waals surface area contributed by atoms with Crippen molar-refractivity contribution >= 4 is 32.6 Å². The van der Waals surface area contributed by atoms with Crippen LogP contribution in [0.1, 0.15) is 34.3 Å². The highest BCUT2D eigenvalue weighted by molar-refractivity contribution is 7.22. The van der Waals surface area contributed by atoms with E-state index in [2.05, 4.69) is 17.0 Å². The Bertz CT molecular complexity index is 1050. The van der Waals surface area contributed by atoms with E-state index in [9.17, 15) is 4.79 Å². The van der Waals surface area contributed by atoms with Crippen molar-refractivity contribution in [2.75, 3.05) is 46.3 Å². The molecular weight excluding hydrogens is 410 g/mol. The number of likely N-dealkylation sites (N-methyl/N-ethyl adjacent to an activating group) is 1. The zero-order chi connectivity index (χ0) is 22.0. The van der Waals surface area contributed by atoms with E-state index in [1.54, 1.807) is 19.1 Å². The van der Waals surface area contributed by atoms with E-state index in [1.165, 1.54) is 35.3 Å². The first-order chi connectivity index (χ1) is 15.0. The molecule has 31 heavy (non-hydrogen) atoms. The average molecular weight is 440 g/mol. The summed E-state index contributed by atoms with van der Waals surface area (Å²) in [7, 11) is 7.25. The maximum absolute atomic E-state index is 13.6. The molecule has 4 rings (SSSR count). The average Bonchev–Trinajstić information content (AvgIpc) is 3.19. The molecule has 0 radical (unpaired) electrons. The predicted molar refractivity (Wildman–Crippen MR) is 126 cm³/mol. The van der Waals surface area contributed by atoms with Crippen molar-refractivity contribution in [3.8, 4) is 11.5 Å². The third-order valence-corrected chi connectivity index (χ3v) is 6.77. The van der Waals surface area contributed by atoms with E-state index in [1.807, 2.05) is 32.3 Å². The fourth-order valence-electron chi connectivity index (χ4n) is 3.96. The van der Waals surface area contributed by atoms with Gasteiger partial charge in [0.05, 0.1) is 24.4 Å². The number of anilines is 1. The van der Waals surface area contributed by atoms with Crippen molar-refractivity contribution < 1.29 is 14.3 Å². The Hall–Kier alpha value is -2.64. The Labute approximate surface area is 187 Å². The molecule has 1 heterocycles. The molecule has 0 saturated carbocycles. The second-order valence-corrected chi connectivity index (χ2v) is 9.13. The van der Waals surface area contributed by atoms with Gasteiger partial charge in [-0.15, -0.1) is 0 Å². The number of fused-ring (bicyclic) bond motifs is 2. The first-order valence-corrected chi connectivity index (χ1v) is 11.4. The SMILES string of the molecule is COc1cc2nc(N(CCN(C)C)C(=O)c3ccc4c(c3)CCCC4)sc2cc1OC. The summed E-state index contributed by atoms with van der Waals surface area (Å²) in [5.74, 6) is 1.28. The molecule has 0 bridgehead atoms. The molecule has 0 aliphatic heterocycles. The van der Waals surface area contributed by atoms with E-state index in [-0.39, 0.29) is 5.91 Å². The molecule has 0 N–H and O–H groups in total. The Morgan fingerprint density at radius 1 is 1.00 bits per heavy atom. The number of rotatable bonds is 7. The van der Waals surface area contributed by atoms with Crippen LogP contribution in [0.15, 0.2) is 30.3 Å². The van der Waals surface area contributed by atoms with Crippen LogP contribution < -0.4 is 14.4 Å². The molecule has 7 heteroatoms. The van der Waals surface area contributed by atoms with Gasteiger partial charge in [-0.05, 0) is 63.0 Å². The number of amides is 1. The standard InChI is InChI=1S/C24H29N3O3S/c1-26(2)11-12-27(23(28)18-10-9-16-7-5-6-8-17(16)13-18)24-25-19-14-20(29-3)21(30-4)15-22(19)31-24/h9-10,13-15H,5-8,11-12H2,1-4H3. The number of hydrogen-bond donors (Lipinski definition) is 0. The molecule has 0 saturated heterocycles. The van der Waals surface area contributed by atoms with Crippen LogP contribution in [0.25, 0.3) is 10.2 Å². The minimum Gasteiger partial charge on any atom is -0.493 e. The fraction of sp³-hybridized carbons (Fsp3) is 0.417. The van der Waals surface area contributed by atoms with Crippen LogP contribution in [-0.4, -0.2) is 57.2 Å². The van der Waals surface area contributed by atoms with Crippen molar-refractivity contribution in [1.29, 1.82) is 0 Å². The van der Waals surface area contributed by atoms with Crippen LogP contribution in [0.5, 0.6) is 11.5 Å². The zero-order valence-electron chi connectivity index (χ0n) is 18.6. The topological polar surface area (TPSA) is 54.9 Å². The lowest BCUT2D eigenvalue weighted by atomic mass is 9.90. The van der Waals surface area contributed by atoms with Crippen LogP contribution in [0.2, 0.25) is 0 Å². The molecular formula is C24H29N3O3S. The van der Waals surface area contributed by atoms with Crippen LogP contribution in [0.4, 0.5) is 5.13 Å². The number of thiazole rings is 1. The minimum atomic E-state index is -0.00629. The molecule has 0 fully saturated rings. The fourth-order valence-corrected chi connectivity index (χ4v) is 4.96. The number of nitrogens with zero attached hydrogens (tertiary/aromatic N) is 3. The minimum absolute atomic E-state index is 0.00629. The third-order valence-electron chi connectivity index (χ3n) is 5.72. The molecule has 3 aromatic rings. The van der Waals surface area contributed by atoms with E-state index in [0.29, 0.717) is 23.2 Å². The summed E-state index contributed by atoms with van der Waals surface area (Å²) >= 11 is 1.50. The molecule has 2 aromatic carbocycles. The number of ether oxygens (including phenoxy) is 2. The molecule has 1 amide bonds. The van der Waals surface area contributed by atoms with Gasteiger partial charge in [0.2, 0.25) is 0 Å². The van der Waals surface area contributed by atoms with Crippen LogP contribution in [0, 0.1) is 0 Å². The van der Waals surface area contributed by atoms with Crippen molar-refractivity contribution in [2.24, 2.45) is 0 Å². The Kier molecular flexibility index (Phi) is 6.43. The van der Waals surface area contributed by atoms with Gasteiger partial charge in [0.1, 0.15) is 0 Å². The number of benzene rings is 2. The second kappa shape index (κ2) is 9.24. The summed E-state index contributed by atoms with van der Waals surface area (Å²) in [6.07, 6.45) is 4.58. The largest absolute Gasteiger partial charge is 0.493 e. The van der Waals surface area contributed by atoms with E-state index in [4.69, 9.17) is 14.5 Å². The lowest BCUT2D eigenvalue weighted by molar-refractivity contribution is 0.0985. The first-order valence-electron chi connectivity index (χ1n) is 10.6. The van der Waals surface area contributed by atoms with Crippen LogP contribution >= 0.6 is 11.3 Å². The second-order valence-electron chi connectivity index (χ2n) is 8.12. The van der Waals surface area contributed by atoms with Gasteiger partial charge in [-0.25, -0.2) is 4.98 Å². The number of hydrogen-bond acceptors (Lipinski definition) is 6. The highest BCUT2D eigenvalue weighted by Gasteiger charge is 2.23. The van der Waals surface area contributed by atoms with Crippen molar-refractivity contribution in [2.45, 2.75) is 25.7 Å². The van der Waals surface area contributed by atoms with E-state index >= 15 is 0 Å². The van der Waals surface area contributed by atoms with Gasteiger partial charge in [-0.1, -0.05) is 17.4 Å². The zero-order valence-corrected chi connectivity index (χ0v) is 19.4. The lowest BCUT2D eigenvalue weighted by Gasteiger charge is -2.23. The Balaban J connectivity index is 1.71. The molecule has 0 spiro atoms. The molecule has 164 valence electrons. The quantitative estimate of drug-likeness (QED) is 0.546. The van der Waals surface area contributed by atoms with Crippen molar-refractivity contribution in [1.82, 2.24) is 9.88 Å². The summed E-state index contributed by atoms with van der Waals surface area (Å²) in [6.45, 7) is 1.32. The van der Waals surface area contributed by atoms with Gasteiger partial charge < -0.3 is 14.4 Å². The van der Waals surface area contributed by atoms with Crippen molar-refractivity contribution in [3.63, 3.8) is 0 Å². The van der Waals surface area contributed by atoms with Gasteiger partial charge in [-0.2, -0.15) is 0 Å². The smallest absolute Gasteiger partial charge is 0.260 e. The van der Waals surface area contributed by atoms with Gasteiger partial charge in [0.25, 0.3) is 5.91 Å². The third kappa shape index (κ3) is 4.52. The number of methoxy groups -OCH3 is 2. The van der Waals surface area contributed by atoms with Crippen molar-refractivity contribution in [3.05, 3.63) is 47.0 Å². The summed E-state index contributed by atoms with van der Waals surface area (Å²) in [5.41, 5.74) is 4.21. The van der Waals surface area contributed by atoms with Gasteiger partial charge in [0.15, 0.2) is 16.6 Å². The molecule has 6 nitrogen and oxygen atoms in total. The number of carbonyl (C=O) groups is 1.